The van der Waals surface area contributed by atoms with Gasteiger partial charge in [-0.2, -0.15) is 0 Å². The first kappa shape index (κ1) is 17.6. The second-order valence-corrected chi connectivity index (χ2v) is 5.76. The first-order chi connectivity index (χ1) is 11.4. The zero-order chi connectivity index (χ0) is 17.7. The number of urea groups is 1. The molecular weight excluding hydrogens is 330 g/mol. The topological polar surface area (TPSA) is 104 Å². The number of phenolic OH excluding ortho intramolecular Hbond substituents is 1. The van der Waals surface area contributed by atoms with Gasteiger partial charge in [0.1, 0.15) is 5.75 Å². The summed E-state index contributed by atoms with van der Waals surface area (Å²) in [6.07, 6.45) is -0.0833. The summed E-state index contributed by atoms with van der Waals surface area (Å²) in [7, 11) is 0. The first-order valence-corrected chi connectivity index (χ1v) is 7.64. The first-order valence-electron chi connectivity index (χ1n) is 7.26. The minimum absolute atomic E-state index is 0.0273. The zero-order valence-corrected chi connectivity index (χ0v) is 13.8. The number of nitrogens with one attached hydrogen (secondary N) is 2. The van der Waals surface area contributed by atoms with Gasteiger partial charge in [0.15, 0.2) is 0 Å². The summed E-state index contributed by atoms with van der Waals surface area (Å²) in [5.74, 6) is -0.423. The molecule has 0 aromatic heterocycles. The number of amides is 3. The number of hydrogen-bond acceptors (Lipinski definition) is 3. The maximum Gasteiger partial charge on any atom is 0.312 e. The molecule has 24 heavy (non-hydrogen) atoms. The number of nitrogens with two attached hydrogens (primary N) is 1. The van der Waals surface area contributed by atoms with Crippen LogP contribution in [0.15, 0.2) is 42.5 Å². The van der Waals surface area contributed by atoms with Crippen molar-refractivity contribution in [2.75, 3.05) is 5.32 Å². The summed E-state index contributed by atoms with van der Waals surface area (Å²) in [6.45, 7) is 1.83. The Morgan fingerprint density at radius 3 is 2.58 bits per heavy atom. The Morgan fingerprint density at radius 2 is 1.96 bits per heavy atom. The van der Waals surface area contributed by atoms with Crippen LogP contribution in [-0.2, 0) is 4.79 Å². The maximum atomic E-state index is 12.3. The minimum Gasteiger partial charge on any atom is -0.506 e. The number of aromatic hydroxyl groups is 1. The Bertz CT molecular complexity index is 764. The number of anilines is 1. The summed E-state index contributed by atoms with van der Waals surface area (Å²) in [4.78, 5) is 23.5. The lowest BCUT2D eigenvalue weighted by atomic mass is 10.0. The van der Waals surface area contributed by atoms with E-state index in [0.717, 1.165) is 5.56 Å². The molecule has 2 aromatic carbocycles. The van der Waals surface area contributed by atoms with Gasteiger partial charge in [-0.05, 0) is 36.2 Å². The number of primary amides is 1. The van der Waals surface area contributed by atoms with Gasteiger partial charge in [-0.3, -0.25) is 4.79 Å². The van der Waals surface area contributed by atoms with Crippen LogP contribution in [0.4, 0.5) is 10.5 Å². The van der Waals surface area contributed by atoms with E-state index in [2.05, 4.69) is 10.6 Å². The molecule has 0 aliphatic heterocycles. The molecule has 0 aliphatic rings. The predicted octanol–water partition coefficient (Wildman–Crippen LogP) is 3.09. The third-order valence-corrected chi connectivity index (χ3v) is 3.76. The normalized spacial score (nSPS) is 11.6. The monoisotopic (exact) mass is 347 g/mol. The van der Waals surface area contributed by atoms with Crippen molar-refractivity contribution >= 4 is 29.2 Å². The van der Waals surface area contributed by atoms with E-state index in [1.807, 2.05) is 6.92 Å². The third kappa shape index (κ3) is 4.63. The van der Waals surface area contributed by atoms with Crippen molar-refractivity contribution < 1.29 is 14.7 Å². The standard InChI is InChI=1S/C17H18ClN3O3/c1-10-6-7-13(15(22)8-10)20-16(23)9-14(21-17(19)24)11-4-2-3-5-12(11)18/h2-8,14,22H,9H2,1H3,(H,20,23)(H3,19,21,24)/t14-/m0/s1. The summed E-state index contributed by atoms with van der Waals surface area (Å²) >= 11 is 6.12. The molecule has 3 amide bonds. The van der Waals surface area contributed by atoms with Crippen LogP contribution < -0.4 is 16.4 Å². The molecule has 5 N–H and O–H groups in total. The number of carbonyl (C=O) groups excluding carboxylic acids is 2. The lowest BCUT2D eigenvalue weighted by molar-refractivity contribution is -0.116. The highest BCUT2D eigenvalue weighted by Gasteiger charge is 2.20. The molecule has 0 radical (unpaired) electrons. The average Bonchev–Trinajstić information content (AvgIpc) is 2.49. The molecule has 0 aliphatic carbocycles. The summed E-state index contributed by atoms with van der Waals surface area (Å²) < 4.78 is 0. The van der Waals surface area contributed by atoms with E-state index in [0.29, 0.717) is 16.3 Å². The van der Waals surface area contributed by atoms with Crippen LogP contribution in [0.3, 0.4) is 0 Å². The van der Waals surface area contributed by atoms with Crippen LogP contribution in [0.1, 0.15) is 23.6 Å². The Kier molecular flexibility index (Phi) is 5.65. The summed E-state index contributed by atoms with van der Waals surface area (Å²) in [5.41, 5.74) is 6.93. The van der Waals surface area contributed by atoms with Gasteiger partial charge in [-0.25, -0.2) is 4.79 Å². The highest BCUT2D eigenvalue weighted by Crippen LogP contribution is 2.27. The number of benzene rings is 2. The van der Waals surface area contributed by atoms with Gasteiger partial charge < -0.3 is 21.5 Å². The molecule has 0 saturated heterocycles. The predicted molar refractivity (Wildman–Crippen MR) is 93.0 cm³/mol. The number of halogens is 1. The molecule has 1 atom stereocenters. The van der Waals surface area contributed by atoms with E-state index in [-0.39, 0.29) is 12.2 Å². The fourth-order valence-corrected chi connectivity index (χ4v) is 2.57. The molecule has 0 heterocycles. The summed E-state index contributed by atoms with van der Waals surface area (Å²) in [5, 5.41) is 15.4. The van der Waals surface area contributed by atoms with Crippen molar-refractivity contribution in [3.63, 3.8) is 0 Å². The lowest BCUT2D eigenvalue weighted by Crippen LogP contribution is -2.35. The maximum absolute atomic E-state index is 12.3. The average molecular weight is 348 g/mol. The quantitative estimate of drug-likeness (QED) is 0.624. The number of hydrogen-bond donors (Lipinski definition) is 4. The molecule has 0 saturated carbocycles. The van der Waals surface area contributed by atoms with Crippen molar-refractivity contribution in [1.29, 1.82) is 0 Å². The van der Waals surface area contributed by atoms with Gasteiger partial charge in [0.05, 0.1) is 18.2 Å². The van der Waals surface area contributed by atoms with Gasteiger partial charge in [-0.15, -0.1) is 0 Å². The number of phenols is 1. The largest absolute Gasteiger partial charge is 0.506 e. The summed E-state index contributed by atoms with van der Waals surface area (Å²) in [6, 6.07) is 10.4. The molecule has 0 bridgehead atoms. The Labute approximate surface area is 144 Å². The van der Waals surface area contributed by atoms with Crippen molar-refractivity contribution in [3.8, 4) is 5.75 Å². The Morgan fingerprint density at radius 1 is 1.25 bits per heavy atom. The molecule has 0 fully saturated rings. The van der Waals surface area contributed by atoms with Crippen molar-refractivity contribution in [1.82, 2.24) is 5.32 Å². The Hall–Kier alpha value is -2.73. The molecular formula is C17H18ClN3O3. The van der Waals surface area contributed by atoms with Gasteiger partial charge in [0.2, 0.25) is 5.91 Å². The van der Waals surface area contributed by atoms with Gasteiger partial charge in [0, 0.05) is 5.02 Å². The minimum atomic E-state index is -0.758. The van der Waals surface area contributed by atoms with Gasteiger partial charge in [0.25, 0.3) is 0 Å². The van der Waals surface area contributed by atoms with Crippen LogP contribution in [-0.4, -0.2) is 17.0 Å². The van der Waals surface area contributed by atoms with E-state index >= 15 is 0 Å². The molecule has 0 spiro atoms. The third-order valence-electron chi connectivity index (χ3n) is 3.41. The second kappa shape index (κ2) is 7.70. The van der Waals surface area contributed by atoms with Crippen molar-refractivity contribution in [3.05, 3.63) is 58.6 Å². The van der Waals surface area contributed by atoms with E-state index in [1.54, 1.807) is 42.5 Å². The second-order valence-electron chi connectivity index (χ2n) is 5.36. The van der Waals surface area contributed by atoms with Crippen LogP contribution in [0.2, 0.25) is 5.02 Å². The SMILES string of the molecule is Cc1ccc(NC(=O)C[C@H](NC(N)=O)c2ccccc2Cl)c(O)c1. The van der Waals surface area contributed by atoms with Gasteiger partial charge >= 0.3 is 6.03 Å². The van der Waals surface area contributed by atoms with E-state index in [9.17, 15) is 14.7 Å². The molecule has 6 nitrogen and oxygen atoms in total. The number of aryl methyl sites for hydroxylation is 1. The number of carbonyl (C=O) groups is 2. The van der Waals surface area contributed by atoms with Crippen LogP contribution in [0.5, 0.6) is 5.75 Å². The van der Waals surface area contributed by atoms with Crippen LogP contribution in [0, 0.1) is 6.92 Å². The Balaban J connectivity index is 2.15. The molecule has 7 heteroatoms. The van der Waals surface area contributed by atoms with E-state index < -0.39 is 18.0 Å². The van der Waals surface area contributed by atoms with Crippen LogP contribution in [0.25, 0.3) is 0 Å². The van der Waals surface area contributed by atoms with Gasteiger partial charge in [-0.1, -0.05) is 35.9 Å². The van der Waals surface area contributed by atoms with Crippen LogP contribution >= 0.6 is 11.6 Å². The zero-order valence-electron chi connectivity index (χ0n) is 13.0. The smallest absolute Gasteiger partial charge is 0.312 e. The molecule has 2 rings (SSSR count). The number of rotatable bonds is 5. The fourth-order valence-electron chi connectivity index (χ4n) is 2.30. The molecule has 2 aromatic rings. The van der Waals surface area contributed by atoms with E-state index in [1.165, 1.54) is 0 Å². The van der Waals surface area contributed by atoms with Crippen molar-refractivity contribution in [2.45, 2.75) is 19.4 Å². The molecule has 126 valence electrons. The highest BCUT2D eigenvalue weighted by molar-refractivity contribution is 6.31. The van der Waals surface area contributed by atoms with Crippen molar-refractivity contribution in [2.24, 2.45) is 5.73 Å². The molecule has 0 unspecified atom stereocenters. The lowest BCUT2D eigenvalue weighted by Gasteiger charge is -2.19. The van der Waals surface area contributed by atoms with E-state index in [4.69, 9.17) is 17.3 Å². The highest BCUT2D eigenvalue weighted by atomic mass is 35.5. The fraction of sp³-hybridized carbons (Fsp3) is 0.176.